The molecule has 0 unspecified atom stereocenters. The summed E-state index contributed by atoms with van der Waals surface area (Å²) in [5, 5.41) is 6.84. The van der Waals surface area contributed by atoms with Crippen molar-refractivity contribution in [3.63, 3.8) is 0 Å². The number of carbonyl (C=O) groups is 1. The lowest BCUT2D eigenvalue weighted by atomic mass is 10.1. The van der Waals surface area contributed by atoms with Gasteiger partial charge in [-0.1, -0.05) is 36.4 Å². The van der Waals surface area contributed by atoms with Crippen LogP contribution in [0.4, 0.5) is 5.69 Å². The maximum Gasteiger partial charge on any atom is 0.273 e. The van der Waals surface area contributed by atoms with Gasteiger partial charge < -0.3 is 5.32 Å². The number of carbonyl (C=O) groups excluding carboxylic acids is 1. The van der Waals surface area contributed by atoms with Crippen molar-refractivity contribution < 1.29 is 4.79 Å². The quantitative estimate of drug-likeness (QED) is 0.435. The number of aromatic amines is 1. The minimum atomic E-state index is -0.415. The van der Waals surface area contributed by atoms with E-state index in [1.165, 1.54) is 0 Å². The number of nitrogens with zero attached hydrogens (tertiary/aromatic N) is 2. The normalized spacial score (nSPS) is 11.1. The number of aromatic nitrogens is 3. The molecule has 8 heteroatoms. The van der Waals surface area contributed by atoms with Gasteiger partial charge in [-0.15, -0.1) is 11.3 Å². The molecule has 32 heavy (non-hydrogen) atoms. The molecule has 0 aliphatic rings. The van der Waals surface area contributed by atoms with Gasteiger partial charge in [0.2, 0.25) is 5.91 Å². The smallest absolute Gasteiger partial charge is 0.273 e. The Bertz CT molecular complexity index is 1530. The van der Waals surface area contributed by atoms with Crippen LogP contribution < -0.4 is 16.4 Å². The van der Waals surface area contributed by atoms with Gasteiger partial charge in [-0.05, 0) is 42.0 Å². The number of rotatable bonds is 5. The van der Waals surface area contributed by atoms with Gasteiger partial charge in [-0.25, -0.2) is 9.67 Å². The summed E-state index contributed by atoms with van der Waals surface area (Å²) in [5.41, 5.74) is 1.86. The van der Waals surface area contributed by atoms with E-state index in [0.29, 0.717) is 17.5 Å². The second-order valence-corrected chi connectivity index (χ2v) is 8.49. The minimum absolute atomic E-state index is 0.281. The van der Waals surface area contributed by atoms with Crippen LogP contribution in [-0.4, -0.2) is 20.7 Å². The highest BCUT2D eigenvalue weighted by Gasteiger charge is 2.11. The van der Waals surface area contributed by atoms with E-state index in [1.807, 2.05) is 42.5 Å². The van der Waals surface area contributed by atoms with E-state index in [9.17, 15) is 14.4 Å². The van der Waals surface area contributed by atoms with Gasteiger partial charge in [-0.2, -0.15) is 0 Å². The maximum absolute atomic E-state index is 12.6. The highest BCUT2D eigenvalue weighted by Crippen LogP contribution is 2.24. The lowest BCUT2D eigenvalue weighted by Crippen LogP contribution is -2.34. The fourth-order valence-corrected chi connectivity index (χ4v) is 4.58. The fourth-order valence-electron chi connectivity index (χ4n) is 3.58. The van der Waals surface area contributed by atoms with E-state index in [1.54, 1.807) is 35.6 Å². The van der Waals surface area contributed by atoms with Crippen LogP contribution >= 0.6 is 11.3 Å². The summed E-state index contributed by atoms with van der Waals surface area (Å²) in [4.78, 5) is 41.8. The van der Waals surface area contributed by atoms with Crippen molar-refractivity contribution >= 4 is 43.9 Å². The zero-order valence-corrected chi connectivity index (χ0v) is 17.7. The molecular weight excluding hydrogens is 424 g/mol. The number of H-pyrrole nitrogens is 1. The Morgan fingerprint density at radius 2 is 1.66 bits per heavy atom. The maximum atomic E-state index is 12.6. The predicted molar refractivity (Wildman–Crippen MR) is 126 cm³/mol. The third-order valence-corrected chi connectivity index (χ3v) is 6.15. The lowest BCUT2D eigenvalue weighted by Gasteiger charge is -2.09. The van der Waals surface area contributed by atoms with Crippen molar-refractivity contribution in [1.29, 1.82) is 0 Å². The lowest BCUT2D eigenvalue weighted by molar-refractivity contribution is -0.117. The molecule has 0 saturated carbocycles. The molecule has 0 radical (unpaired) electrons. The summed E-state index contributed by atoms with van der Waals surface area (Å²) >= 11 is 1.67. The molecule has 3 aromatic carbocycles. The molecule has 0 saturated heterocycles. The van der Waals surface area contributed by atoms with E-state index in [0.717, 1.165) is 25.5 Å². The van der Waals surface area contributed by atoms with Crippen LogP contribution in [-0.2, 0) is 17.8 Å². The molecule has 0 atom stereocenters. The molecule has 0 spiro atoms. The predicted octanol–water partition coefficient (Wildman–Crippen LogP) is 3.53. The van der Waals surface area contributed by atoms with E-state index >= 15 is 0 Å². The van der Waals surface area contributed by atoms with Crippen LogP contribution in [0.2, 0.25) is 0 Å². The van der Waals surface area contributed by atoms with Crippen LogP contribution in [0.3, 0.4) is 0 Å². The first-order valence-electron chi connectivity index (χ1n) is 10.0. The molecule has 0 aliphatic carbocycles. The Kier molecular flexibility index (Phi) is 5.12. The van der Waals surface area contributed by atoms with Crippen molar-refractivity contribution in [2.75, 3.05) is 5.32 Å². The van der Waals surface area contributed by atoms with Gasteiger partial charge in [0.15, 0.2) is 0 Å². The first kappa shape index (κ1) is 19.9. The summed E-state index contributed by atoms with van der Waals surface area (Å²) in [6.45, 7) is -0.285. The zero-order chi connectivity index (χ0) is 22.1. The molecule has 2 heterocycles. The highest BCUT2D eigenvalue weighted by atomic mass is 32.1. The standard InChI is InChI=1S/C24H18N4O3S/c29-21(14-28-24(31)18-6-2-1-5-17(18)23(30)27-28)25-16-11-9-15(10-12-16)13-22-26-19-7-3-4-8-20(19)32-22/h1-12H,13-14H2,(H,25,29)(H,27,30). The Hall–Kier alpha value is -4.04. The molecule has 158 valence electrons. The van der Waals surface area contributed by atoms with Gasteiger partial charge in [0.25, 0.3) is 11.1 Å². The Labute approximate surface area is 186 Å². The van der Waals surface area contributed by atoms with Gasteiger partial charge in [0.05, 0.1) is 26.0 Å². The SMILES string of the molecule is O=C(Cn1[nH]c(=O)c2ccccc2c1=O)Nc1ccc(Cc2nc3ccccc3s2)cc1. The first-order chi connectivity index (χ1) is 15.6. The largest absolute Gasteiger partial charge is 0.324 e. The van der Waals surface area contributed by atoms with Crippen LogP contribution in [0.15, 0.2) is 82.4 Å². The van der Waals surface area contributed by atoms with E-state index in [4.69, 9.17) is 0 Å². The third-order valence-electron chi connectivity index (χ3n) is 5.12. The molecule has 0 aliphatic heterocycles. The number of thiazole rings is 1. The number of para-hydroxylation sites is 1. The molecule has 0 bridgehead atoms. The van der Waals surface area contributed by atoms with Crippen molar-refractivity contribution in [3.8, 4) is 0 Å². The number of benzene rings is 3. The number of anilines is 1. The van der Waals surface area contributed by atoms with E-state index in [-0.39, 0.29) is 11.9 Å². The summed E-state index contributed by atoms with van der Waals surface area (Å²) < 4.78 is 2.19. The van der Waals surface area contributed by atoms with Crippen LogP contribution in [0.1, 0.15) is 10.6 Å². The van der Waals surface area contributed by atoms with E-state index in [2.05, 4.69) is 21.5 Å². The van der Waals surface area contributed by atoms with Crippen molar-refractivity contribution in [1.82, 2.24) is 14.8 Å². The first-order valence-corrected chi connectivity index (χ1v) is 10.8. The molecule has 2 aromatic heterocycles. The molecule has 5 rings (SSSR count). The number of hydrogen-bond donors (Lipinski definition) is 2. The van der Waals surface area contributed by atoms with Crippen molar-refractivity contribution in [3.05, 3.63) is 104 Å². The third kappa shape index (κ3) is 3.95. The number of nitrogens with one attached hydrogen (secondary N) is 2. The topological polar surface area (TPSA) is 96.9 Å². The molecular formula is C24H18N4O3S. The van der Waals surface area contributed by atoms with Crippen LogP contribution in [0.5, 0.6) is 0 Å². The zero-order valence-electron chi connectivity index (χ0n) is 16.9. The van der Waals surface area contributed by atoms with Crippen LogP contribution in [0, 0.1) is 0 Å². The van der Waals surface area contributed by atoms with Gasteiger partial charge in [0, 0.05) is 12.1 Å². The average Bonchev–Trinajstić information content (AvgIpc) is 3.21. The summed E-state index contributed by atoms with van der Waals surface area (Å²) in [6.07, 6.45) is 0.710. The number of fused-ring (bicyclic) bond motifs is 2. The summed E-state index contributed by atoms with van der Waals surface area (Å²) in [5.74, 6) is -0.406. The Morgan fingerprint density at radius 3 is 2.44 bits per heavy atom. The average molecular weight is 443 g/mol. The second kappa shape index (κ2) is 8.24. The van der Waals surface area contributed by atoms with Crippen LogP contribution in [0.25, 0.3) is 21.0 Å². The summed E-state index contributed by atoms with van der Waals surface area (Å²) in [7, 11) is 0. The second-order valence-electron chi connectivity index (χ2n) is 7.38. The fraction of sp³-hybridized carbons (Fsp3) is 0.0833. The van der Waals surface area contributed by atoms with Crippen molar-refractivity contribution in [2.24, 2.45) is 0 Å². The van der Waals surface area contributed by atoms with E-state index < -0.39 is 17.0 Å². The van der Waals surface area contributed by atoms with Gasteiger partial charge in [0.1, 0.15) is 6.54 Å². The monoisotopic (exact) mass is 442 g/mol. The Balaban J connectivity index is 1.28. The number of amides is 1. The highest BCUT2D eigenvalue weighted by molar-refractivity contribution is 7.18. The summed E-state index contributed by atoms with van der Waals surface area (Å²) in [6, 6.07) is 22.1. The molecule has 2 N–H and O–H groups in total. The number of hydrogen-bond acceptors (Lipinski definition) is 5. The molecule has 5 aromatic rings. The molecule has 0 fully saturated rings. The minimum Gasteiger partial charge on any atom is -0.324 e. The Morgan fingerprint density at radius 1 is 0.938 bits per heavy atom. The van der Waals surface area contributed by atoms with Gasteiger partial charge >= 0.3 is 0 Å². The molecule has 7 nitrogen and oxygen atoms in total. The van der Waals surface area contributed by atoms with Gasteiger partial charge in [-0.3, -0.25) is 19.5 Å². The van der Waals surface area contributed by atoms with Crippen molar-refractivity contribution in [2.45, 2.75) is 13.0 Å². The molecule has 1 amide bonds.